The minimum Gasteiger partial charge on any atom is -0.492 e. The molecule has 0 saturated heterocycles. The van der Waals surface area contributed by atoms with Crippen LogP contribution in [0, 0.1) is 0 Å². The van der Waals surface area contributed by atoms with Gasteiger partial charge >= 0.3 is 0 Å². The molecule has 0 spiro atoms. The van der Waals surface area contributed by atoms with Gasteiger partial charge in [-0.3, -0.25) is 0 Å². The van der Waals surface area contributed by atoms with Crippen LogP contribution in [-0.2, 0) is 21.9 Å². The molecule has 3 heterocycles. The first-order valence-corrected chi connectivity index (χ1v) is 15.4. The molecule has 0 amide bonds. The number of halogens is 1. The van der Waals surface area contributed by atoms with Crippen LogP contribution in [0.3, 0.4) is 0 Å². The lowest BCUT2D eigenvalue weighted by atomic mass is 9.58. The van der Waals surface area contributed by atoms with E-state index in [0.29, 0.717) is 5.69 Å². The van der Waals surface area contributed by atoms with Crippen molar-refractivity contribution in [2.45, 2.75) is 41.3 Å². The predicted molar refractivity (Wildman–Crippen MR) is 148 cm³/mol. The van der Waals surface area contributed by atoms with Gasteiger partial charge in [0, 0.05) is 29.1 Å². The second kappa shape index (κ2) is 10.5. The molecule has 198 valence electrons. The van der Waals surface area contributed by atoms with E-state index in [9.17, 15) is 8.42 Å². The first-order chi connectivity index (χ1) is 18.4. The molecule has 4 aromatic rings. The van der Waals surface area contributed by atoms with Gasteiger partial charge in [0.2, 0.25) is 10.0 Å². The van der Waals surface area contributed by atoms with E-state index in [0.717, 1.165) is 52.8 Å². The lowest BCUT2D eigenvalue weighted by Gasteiger charge is -2.50. The van der Waals surface area contributed by atoms with Crippen LogP contribution in [0.15, 0.2) is 75.7 Å². The molecule has 38 heavy (non-hydrogen) atoms. The fourth-order valence-electron chi connectivity index (χ4n) is 5.55. The third kappa shape index (κ3) is 4.89. The zero-order chi connectivity index (χ0) is 26.2. The standard InChI is InChI=1S/C28H28ClN3O4S2/c29-21-5-3-20(4-6-21)28(12-1-13-28)27-23-18-22(7-2-19(23)10-14-30-27)35-17-15-31-38(33,34)26-9-8-25(37-26)24-11-16-36-32-24/h2-9,11,16,18,27,30-31H,1,10,12-15,17H2. The first-order valence-electron chi connectivity index (χ1n) is 12.7. The Morgan fingerprint density at radius 1 is 1.13 bits per heavy atom. The SMILES string of the molecule is O=S(=O)(NCCOc1ccc2c(c1)C(C1(c3ccc(Cl)cc3)CCC1)NCC2)c1ccc(-c2ccon2)s1. The maximum atomic E-state index is 12.7. The average Bonchev–Trinajstić information content (AvgIpc) is 3.60. The summed E-state index contributed by atoms with van der Waals surface area (Å²) >= 11 is 7.32. The number of sulfonamides is 1. The Bertz CT molecular complexity index is 1510. The maximum Gasteiger partial charge on any atom is 0.250 e. The molecule has 0 radical (unpaired) electrons. The topological polar surface area (TPSA) is 93.5 Å². The Morgan fingerprint density at radius 2 is 1.97 bits per heavy atom. The molecule has 1 aliphatic carbocycles. The van der Waals surface area contributed by atoms with Gasteiger partial charge in [0.25, 0.3) is 0 Å². The summed E-state index contributed by atoms with van der Waals surface area (Å²) in [6.07, 6.45) is 5.89. The Hall–Kier alpha value is -2.69. The molecule has 2 N–H and O–H groups in total. The molecule has 1 aliphatic heterocycles. The molecule has 6 rings (SSSR count). The van der Waals surface area contributed by atoms with Crippen molar-refractivity contribution < 1.29 is 17.7 Å². The number of nitrogens with zero attached hydrogens (tertiary/aromatic N) is 1. The van der Waals surface area contributed by atoms with E-state index in [1.807, 2.05) is 18.2 Å². The fraction of sp³-hybridized carbons (Fsp3) is 0.321. The predicted octanol–water partition coefficient (Wildman–Crippen LogP) is 5.72. The van der Waals surface area contributed by atoms with E-state index in [1.54, 1.807) is 18.2 Å². The molecule has 1 fully saturated rings. The average molecular weight is 570 g/mol. The summed E-state index contributed by atoms with van der Waals surface area (Å²) in [6, 6.07) is 19.7. The lowest BCUT2D eigenvalue weighted by molar-refractivity contribution is 0.164. The number of hydrogen-bond donors (Lipinski definition) is 2. The molecule has 10 heteroatoms. The first kappa shape index (κ1) is 25.6. The van der Waals surface area contributed by atoms with Crippen molar-refractivity contribution in [2.24, 2.45) is 0 Å². The molecule has 1 atom stereocenters. The zero-order valence-electron chi connectivity index (χ0n) is 20.7. The van der Waals surface area contributed by atoms with Crippen LogP contribution in [0.25, 0.3) is 10.6 Å². The third-order valence-electron chi connectivity index (χ3n) is 7.59. The normalized spacial score (nSPS) is 18.5. The summed E-state index contributed by atoms with van der Waals surface area (Å²) in [6.45, 7) is 1.32. The molecule has 0 bridgehead atoms. The van der Waals surface area contributed by atoms with Crippen molar-refractivity contribution in [1.29, 1.82) is 0 Å². The number of aromatic nitrogens is 1. The van der Waals surface area contributed by atoms with Crippen LogP contribution in [0.4, 0.5) is 0 Å². The Kier molecular flexibility index (Phi) is 7.05. The molecule has 2 aliphatic rings. The molecule has 2 aromatic carbocycles. The van der Waals surface area contributed by atoms with Gasteiger partial charge in [-0.05, 0) is 78.9 Å². The van der Waals surface area contributed by atoms with Crippen molar-refractivity contribution in [3.05, 3.63) is 88.6 Å². The van der Waals surface area contributed by atoms with Crippen molar-refractivity contribution in [2.75, 3.05) is 19.7 Å². The Morgan fingerprint density at radius 3 is 2.71 bits per heavy atom. The van der Waals surface area contributed by atoms with E-state index < -0.39 is 10.0 Å². The van der Waals surface area contributed by atoms with Crippen molar-refractivity contribution in [1.82, 2.24) is 15.2 Å². The van der Waals surface area contributed by atoms with Crippen LogP contribution in [0.5, 0.6) is 5.75 Å². The van der Waals surface area contributed by atoms with Gasteiger partial charge in [0.1, 0.15) is 28.5 Å². The fourth-order valence-corrected chi connectivity index (χ4v) is 8.01. The van der Waals surface area contributed by atoms with Crippen LogP contribution in [0.1, 0.15) is 42.0 Å². The monoisotopic (exact) mass is 569 g/mol. The number of rotatable bonds is 9. The molecule has 1 saturated carbocycles. The highest BCUT2D eigenvalue weighted by Gasteiger charge is 2.47. The number of ether oxygens (including phenoxy) is 1. The van der Waals surface area contributed by atoms with E-state index in [1.165, 1.54) is 29.4 Å². The van der Waals surface area contributed by atoms with Gasteiger partial charge in [-0.2, -0.15) is 0 Å². The zero-order valence-corrected chi connectivity index (χ0v) is 23.0. The van der Waals surface area contributed by atoms with Crippen molar-refractivity contribution in [3.63, 3.8) is 0 Å². The third-order valence-corrected chi connectivity index (χ3v) is 10.9. The Labute approximate surface area is 231 Å². The van der Waals surface area contributed by atoms with E-state index in [-0.39, 0.29) is 28.8 Å². The van der Waals surface area contributed by atoms with Crippen molar-refractivity contribution in [3.8, 4) is 16.3 Å². The maximum absolute atomic E-state index is 12.7. The summed E-state index contributed by atoms with van der Waals surface area (Å²) in [7, 11) is -3.65. The number of benzene rings is 2. The van der Waals surface area contributed by atoms with E-state index in [2.05, 4.69) is 39.5 Å². The highest BCUT2D eigenvalue weighted by Crippen LogP contribution is 2.53. The number of hydrogen-bond acceptors (Lipinski definition) is 7. The summed E-state index contributed by atoms with van der Waals surface area (Å²) < 4.78 is 39.2. The quantitative estimate of drug-likeness (QED) is 0.250. The summed E-state index contributed by atoms with van der Waals surface area (Å²) in [5.41, 5.74) is 4.57. The van der Waals surface area contributed by atoms with Gasteiger partial charge < -0.3 is 14.6 Å². The minimum absolute atomic E-state index is 0.0412. The van der Waals surface area contributed by atoms with Crippen LogP contribution in [0.2, 0.25) is 5.02 Å². The number of thiophene rings is 1. The second-order valence-electron chi connectivity index (χ2n) is 9.76. The number of fused-ring (bicyclic) bond motifs is 1. The van der Waals surface area contributed by atoms with Gasteiger partial charge in [-0.15, -0.1) is 11.3 Å². The van der Waals surface area contributed by atoms with Gasteiger partial charge in [0.05, 0.1) is 4.88 Å². The summed E-state index contributed by atoms with van der Waals surface area (Å²) in [5, 5.41) is 8.40. The van der Waals surface area contributed by atoms with Crippen LogP contribution < -0.4 is 14.8 Å². The highest BCUT2D eigenvalue weighted by molar-refractivity contribution is 7.91. The molecule has 1 unspecified atom stereocenters. The summed E-state index contributed by atoms with van der Waals surface area (Å²) in [5.74, 6) is 0.742. The van der Waals surface area contributed by atoms with Gasteiger partial charge in [0.15, 0.2) is 0 Å². The minimum atomic E-state index is -3.65. The van der Waals surface area contributed by atoms with Crippen LogP contribution in [-0.4, -0.2) is 33.3 Å². The second-order valence-corrected chi connectivity index (χ2v) is 13.3. The van der Waals surface area contributed by atoms with Crippen LogP contribution >= 0.6 is 22.9 Å². The molecular weight excluding hydrogens is 542 g/mol. The van der Waals surface area contributed by atoms with Gasteiger partial charge in [-0.25, -0.2) is 13.1 Å². The largest absolute Gasteiger partial charge is 0.492 e. The number of nitrogens with one attached hydrogen (secondary N) is 2. The smallest absolute Gasteiger partial charge is 0.250 e. The molecule has 7 nitrogen and oxygen atoms in total. The Balaban J connectivity index is 1.13. The van der Waals surface area contributed by atoms with Crippen molar-refractivity contribution >= 4 is 33.0 Å². The summed E-state index contributed by atoms with van der Waals surface area (Å²) in [4.78, 5) is 0.732. The van der Waals surface area contributed by atoms with E-state index in [4.69, 9.17) is 20.9 Å². The lowest BCUT2D eigenvalue weighted by Crippen LogP contribution is -2.49. The molecule has 2 aromatic heterocycles. The van der Waals surface area contributed by atoms with E-state index >= 15 is 0 Å². The van der Waals surface area contributed by atoms with Gasteiger partial charge in [-0.1, -0.05) is 41.4 Å². The highest BCUT2D eigenvalue weighted by atomic mass is 35.5. The molecular formula is C28H28ClN3O4S2.